The lowest BCUT2D eigenvalue weighted by Gasteiger charge is -2.05. The van der Waals surface area contributed by atoms with Gasteiger partial charge in [0.1, 0.15) is 12.9 Å². The van der Waals surface area contributed by atoms with Gasteiger partial charge >= 0.3 is 11.9 Å². The predicted molar refractivity (Wildman–Crippen MR) is 63.0 cm³/mol. The summed E-state index contributed by atoms with van der Waals surface area (Å²) in [6.45, 7) is 3.27. The van der Waals surface area contributed by atoms with Crippen molar-refractivity contribution >= 4 is 18.2 Å². The third-order valence-corrected chi connectivity index (χ3v) is 2.18. The van der Waals surface area contributed by atoms with Crippen LogP contribution in [0.2, 0.25) is 0 Å². The normalized spacial score (nSPS) is 9.56. The van der Waals surface area contributed by atoms with Gasteiger partial charge < -0.3 is 9.84 Å². The fourth-order valence-corrected chi connectivity index (χ4v) is 1.16. The number of hydrogen-bond acceptors (Lipinski definition) is 4. The fourth-order valence-electron chi connectivity index (χ4n) is 1.16. The van der Waals surface area contributed by atoms with Gasteiger partial charge in [-0.1, -0.05) is 30.8 Å². The SMILES string of the molecule is C=C(CC(=O)OCc1ccc(C=O)cc1)C(=O)O. The second-order valence-corrected chi connectivity index (χ2v) is 3.61. The molecular weight excluding hydrogens is 236 g/mol. The molecule has 1 rings (SSSR count). The molecule has 0 aliphatic rings. The average Bonchev–Trinajstić information content (AvgIpc) is 2.36. The first-order valence-electron chi connectivity index (χ1n) is 5.13. The van der Waals surface area contributed by atoms with Crippen LogP contribution < -0.4 is 0 Å². The Balaban J connectivity index is 2.44. The lowest BCUT2D eigenvalue weighted by molar-refractivity contribution is -0.145. The molecule has 0 aliphatic heterocycles. The number of aldehydes is 1. The molecule has 5 heteroatoms. The number of aliphatic carboxylic acids is 1. The maximum atomic E-state index is 11.3. The van der Waals surface area contributed by atoms with Crippen LogP contribution in [0.3, 0.4) is 0 Å². The Morgan fingerprint density at radius 2 is 1.89 bits per heavy atom. The van der Waals surface area contributed by atoms with Gasteiger partial charge in [0.25, 0.3) is 0 Å². The predicted octanol–water partition coefficient (Wildman–Crippen LogP) is 1.57. The second kappa shape index (κ2) is 6.34. The van der Waals surface area contributed by atoms with E-state index in [1.165, 1.54) is 0 Å². The molecule has 0 heterocycles. The summed E-state index contributed by atoms with van der Waals surface area (Å²) in [5.74, 6) is -1.87. The molecule has 0 unspecified atom stereocenters. The quantitative estimate of drug-likeness (QED) is 0.469. The van der Waals surface area contributed by atoms with Crippen molar-refractivity contribution in [3.8, 4) is 0 Å². The third kappa shape index (κ3) is 4.21. The van der Waals surface area contributed by atoms with Crippen molar-refractivity contribution in [2.24, 2.45) is 0 Å². The summed E-state index contributed by atoms with van der Waals surface area (Å²) in [5.41, 5.74) is 1.04. The van der Waals surface area contributed by atoms with E-state index in [2.05, 4.69) is 6.58 Å². The van der Waals surface area contributed by atoms with Crippen molar-refractivity contribution in [3.63, 3.8) is 0 Å². The summed E-state index contributed by atoms with van der Waals surface area (Å²) in [6, 6.07) is 6.52. The highest BCUT2D eigenvalue weighted by Crippen LogP contribution is 2.06. The zero-order chi connectivity index (χ0) is 13.5. The second-order valence-electron chi connectivity index (χ2n) is 3.61. The molecule has 94 valence electrons. The summed E-state index contributed by atoms with van der Waals surface area (Å²) < 4.78 is 4.87. The summed E-state index contributed by atoms with van der Waals surface area (Å²) in [6.07, 6.45) is 0.369. The molecule has 0 fully saturated rings. The Kier molecular flexibility index (Phi) is 4.80. The first-order valence-corrected chi connectivity index (χ1v) is 5.13. The molecule has 0 saturated carbocycles. The Hall–Kier alpha value is -2.43. The minimum Gasteiger partial charge on any atom is -0.478 e. The topological polar surface area (TPSA) is 80.7 Å². The summed E-state index contributed by atoms with van der Waals surface area (Å²) in [5, 5.41) is 8.53. The smallest absolute Gasteiger partial charge is 0.331 e. The van der Waals surface area contributed by atoms with Crippen LogP contribution in [0.5, 0.6) is 0 Å². The highest BCUT2D eigenvalue weighted by atomic mass is 16.5. The highest BCUT2D eigenvalue weighted by Gasteiger charge is 2.11. The van der Waals surface area contributed by atoms with E-state index in [4.69, 9.17) is 9.84 Å². The number of hydrogen-bond donors (Lipinski definition) is 1. The number of ether oxygens (including phenoxy) is 1. The fraction of sp³-hybridized carbons (Fsp3) is 0.154. The van der Waals surface area contributed by atoms with Crippen LogP contribution in [-0.2, 0) is 20.9 Å². The molecule has 0 aliphatic carbocycles. The van der Waals surface area contributed by atoms with E-state index in [1.807, 2.05) is 0 Å². The van der Waals surface area contributed by atoms with E-state index in [1.54, 1.807) is 24.3 Å². The van der Waals surface area contributed by atoms with Crippen LogP contribution in [0.1, 0.15) is 22.3 Å². The number of carbonyl (C=O) groups excluding carboxylic acids is 2. The molecule has 1 aromatic rings. The Morgan fingerprint density at radius 1 is 1.28 bits per heavy atom. The van der Waals surface area contributed by atoms with E-state index in [-0.39, 0.29) is 18.6 Å². The monoisotopic (exact) mass is 248 g/mol. The molecule has 0 bridgehead atoms. The van der Waals surface area contributed by atoms with Gasteiger partial charge in [-0.15, -0.1) is 0 Å². The first kappa shape index (κ1) is 13.6. The molecule has 0 amide bonds. The van der Waals surface area contributed by atoms with Gasteiger partial charge in [0.15, 0.2) is 0 Å². The number of rotatable bonds is 6. The van der Waals surface area contributed by atoms with Crippen LogP contribution in [-0.4, -0.2) is 23.3 Å². The Bertz CT molecular complexity index is 473. The molecule has 0 aromatic heterocycles. The minimum absolute atomic E-state index is 0.0326. The van der Waals surface area contributed by atoms with Crippen LogP contribution in [0, 0.1) is 0 Å². The number of esters is 1. The van der Waals surface area contributed by atoms with Crippen LogP contribution in [0.25, 0.3) is 0 Å². The lowest BCUT2D eigenvalue weighted by Crippen LogP contribution is -2.09. The number of carboxylic acid groups (broad SMARTS) is 1. The van der Waals surface area contributed by atoms with Crippen molar-refractivity contribution < 1.29 is 24.2 Å². The molecule has 1 N–H and O–H groups in total. The van der Waals surface area contributed by atoms with Crippen LogP contribution >= 0.6 is 0 Å². The van der Waals surface area contributed by atoms with E-state index in [0.29, 0.717) is 11.8 Å². The number of carboxylic acids is 1. The van der Waals surface area contributed by atoms with Gasteiger partial charge in [-0.3, -0.25) is 9.59 Å². The van der Waals surface area contributed by atoms with Gasteiger partial charge in [-0.2, -0.15) is 0 Å². The molecule has 0 radical (unpaired) electrons. The zero-order valence-corrected chi connectivity index (χ0v) is 9.59. The van der Waals surface area contributed by atoms with Crippen molar-refractivity contribution in [1.82, 2.24) is 0 Å². The van der Waals surface area contributed by atoms with Gasteiger partial charge in [0, 0.05) is 11.1 Å². The molecule has 0 atom stereocenters. The largest absolute Gasteiger partial charge is 0.478 e. The minimum atomic E-state index is -1.22. The average molecular weight is 248 g/mol. The van der Waals surface area contributed by atoms with Crippen molar-refractivity contribution in [2.45, 2.75) is 13.0 Å². The van der Waals surface area contributed by atoms with Crippen molar-refractivity contribution in [2.75, 3.05) is 0 Å². The Morgan fingerprint density at radius 3 is 2.39 bits per heavy atom. The van der Waals surface area contributed by atoms with E-state index in [9.17, 15) is 14.4 Å². The van der Waals surface area contributed by atoms with Gasteiger partial charge in [0.2, 0.25) is 0 Å². The summed E-state index contributed by atoms with van der Waals surface area (Å²) >= 11 is 0. The molecular formula is C13H12O5. The zero-order valence-electron chi connectivity index (χ0n) is 9.59. The number of carbonyl (C=O) groups is 3. The highest BCUT2D eigenvalue weighted by molar-refractivity contribution is 5.91. The van der Waals surface area contributed by atoms with E-state index in [0.717, 1.165) is 5.56 Å². The van der Waals surface area contributed by atoms with E-state index >= 15 is 0 Å². The Labute approximate surface area is 104 Å². The molecule has 1 aromatic carbocycles. The van der Waals surface area contributed by atoms with Gasteiger partial charge in [-0.05, 0) is 5.56 Å². The molecule has 0 spiro atoms. The third-order valence-electron chi connectivity index (χ3n) is 2.18. The van der Waals surface area contributed by atoms with Crippen LogP contribution in [0.15, 0.2) is 36.4 Å². The maximum absolute atomic E-state index is 11.3. The van der Waals surface area contributed by atoms with E-state index < -0.39 is 11.9 Å². The summed E-state index contributed by atoms with van der Waals surface area (Å²) in [7, 11) is 0. The lowest BCUT2D eigenvalue weighted by atomic mass is 10.1. The van der Waals surface area contributed by atoms with Crippen LogP contribution in [0.4, 0.5) is 0 Å². The van der Waals surface area contributed by atoms with Crippen molar-refractivity contribution in [3.05, 3.63) is 47.5 Å². The standard InChI is InChI=1S/C13H12O5/c1-9(13(16)17)6-12(15)18-8-11-4-2-10(7-14)3-5-11/h2-5,7H,1,6,8H2,(H,16,17). The van der Waals surface area contributed by atoms with Gasteiger partial charge in [0.05, 0.1) is 6.42 Å². The summed E-state index contributed by atoms with van der Waals surface area (Å²) in [4.78, 5) is 32.1. The molecule has 5 nitrogen and oxygen atoms in total. The molecule has 0 saturated heterocycles. The number of benzene rings is 1. The van der Waals surface area contributed by atoms with Gasteiger partial charge in [-0.25, -0.2) is 4.79 Å². The van der Waals surface area contributed by atoms with Crippen molar-refractivity contribution in [1.29, 1.82) is 0 Å². The molecule has 18 heavy (non-hydrogen) atoms. The first-order chi connectivity index (χ1) is 8.52. The maximum Gasteiger partial charge on any atom is 0.331 e.